The number of carbonyl (C=O) groups excluding carboxylic acids is 1. The topological polar surface area (TPSA) is 58.6 Å². The van der Waals surface area contributed by atoms with Gasteiger partial charge in [0.25, 0.3) is 0 Å². The molecule has 2 aromatic carbocycles. The highest BCUT2D eigenvalue weighted by atomic mass is 35.5. The van der Waals surface area contributed by atoms with E-state index < -0.39 is 6.10 Å². The number of hydrogen-bond acceptors (Lipinski definition) is 3. The summed E-state index contributed by atoms with van der Waals surface area (Å²) >= 11 is 5.95. The Labute approximate surface area is 141 Å². The molecule has 0 aromatic heterocycles. The second kappa shape index (κ2) is 7.99. The van der Waals surface area contributed by atoms with Crippen molar-refractivity contribution in [3.8, 4) is 5.75 Å². The second-order valence-corrected chi connectivity index (χ2v) is 5.75. The summed E-state index contributed by atoms with van der Waals surface area (Å²) in [5.74, 6) is 0.419. The van der Waals surface area contributed by atoms with E-state index in [-0.39, 0.29) is 18.9 Å². The number of hydrogen-bond donors (Lipinski definition) is 2. The van der Waals surface area contributed by atoms with Gasteiger partial charge in [0.2, 0.25) is 5.91 Å². The molecule has 1 unspecified atom stereocenters. The Morgan fingerprint density at radius 2 is 2.04 bits per heavy atom. The molecule has 0 fully saturated rings. The zero-order chi connectivity index (χ0) is 16.8. The molecule has 0 saturated carbocycles. The predicted octanol–water partition coefficient (Wildman–Crippen LogP) is 3.05. The van der Waals surface area contributed by atoms with Crippen molar-refractivity contribution in [1.29, 1.82) is 0 Å². The van der Waals surface area contributed by atoms with Crippen LogP contribution in [0.5, 0.6) is 5.75 Å². The number of ether oxygens (including phenoxy) is 1. The van der Waals surface area contributed by atoms with Gasteiger partial charge in [-0.15, -0.1) is 0 Å². The number of carbonyl (C=O) groups is 1. The first-order valence-electron chi connectivity index (χ1n) is 7.34. The van der Waals surface area contributed by atoms with Crippen molar-refractivity contribution < 1.29 is 14.6 Å². The molecule has 0 bridgehead atoms. The molecule has 0 radical (unpaired) electrons. The lowest BCUT2D eigenvalue weighted by Crippen LogP contribution is -2.30. The van der Waals surface area contributed by atoms with Gasteiger partial charge >= 0.3 is 0 Å². The monoisotopic (exact) mass is 333 g/mol. The van der Waals surface area contributed by atoms with Crippen LogP contribution in [0.15, 0.2) is 42.5 Å². The zero-order valence-electron chi connectivity index (χ0n) is 13.2. The molecule has 1 amide bonds. The summed E-state index contributed by atoms with van der Waals surface area (Å²) < 4.78 is 5.22. The third-order valence-electron chi connectivity index (χ3n) is 3.63. The van der Waals surface area contributed by atoms with E-state index in [1.807, 2.05) is 31.2 Å². The molecule has 0 heterocycles. The highest BCUT2D eigenvalue weighted by molar-refractivity contribution is 6.30. The Morgan fingerprint density at radius 3 is 2.74 bits per heavy atom. The molecule has 0 spiro atoms. The standard InChI is InChI=1S/C18H20ClNO3/c1-12-5-3-4-6-15(12)16(21)11-20-18(22)10-13-9-14(19)7-8-17(13)23-2/h3-9,16,21H,10-11H2,1-2H3,(H,20,22). The summed E-state index contributed by atoms with van der Waals surface area (Å²) in [6.45, 7) is 2.09. The summed E-state index contributed by atoms with van der Waals surface area (Å²) in [5, 5.41) is 13.5. The van der Waals surface area contributed by atoms with E-state index in [9.17, 15) is 9.90 Å². The first-order valence-corrected chi connectivity index (χ1v) is 7.71. The first kappa shape index (κ1) is 17.3. The number of nitrogens with one attached hydrogen (secondary N) is 1. The van der Waals surface area contributed by atoms with Crippen LogP contribution in [0.1, 0.15) is 22.8 Å². The number of aryl methyl sites for hydroxylation is 1. The van der Waals surface area contributed by atoms with Gasteiger partial charge in [0.05, 0.1) is 19.6 Å². The normalized spacial score (nSPS) is 11.8. The van der Waals surface area contributed by atoms with Gasteiger partial charge < -0.3 is 15.2 Å². The maximum Gasteiger partial charge on any atom is 0.224 e. The smallest absolute Gasteiger partial charge is 0.224 e. The molecule has 0 aliphatic heterocycles. The number of amides is 1. The van der Waals surface area contributed by atoms with Crippen LogP contribution in [0.4, 0.5) is 0 Å². The molecule has 1 atom stereocenters. The lowest BCUT2D eigenvalue weighted by atomic mass is 10.0. The van der Waals surface area contributed by atoms with E-state index in [4.69, 9.17) is 16.3 Å². The van der Waals surface area contributed by atoms with Gasteiger partial charge in [0, 0.05) is 17.1 Å². The maximum atomic E-state index is 12.1. The van der Waals surface area contributed by atoms with E-state index in [1.54, 1.807) is 25.3 Å². The lowest BCUT2D eigenvalue weighted by molar-refractivity contribution is -0.120. The Morgan fingerprint density at radius 1 is 1.30 bits per heavy atom. The first-order chi connectivity index (χ1) is 11.0. The summed E-state index contributed by atoms with van der Waals surface area (Å²) in [6.07, 6.45) is -0.592. The molecule has 2 N–H and O–H groups in total. The zero-order valence-corrected chi connectivity index (χ0v) is 13.9. The molecule has 5 heteroatoms. The van der Waals surface area contributed by atoms with Gasteiger partial charge in [-0.3, -0.25) is 4.79 Å². The van der Waals surface area contributed by atoms with Crippen LogP contribution in [0.25, 0.3) is 0 Å². The lowest BCUT2D eigenvalue weighted by Gasteiger charge is -2.15. The van der Waals surface area contributed by atoms with E-state index >= 15 is 0 Å². The number of aliphatic hydroxyl groups excluding tert-OH is 1. The summed E-state index contributed by atoms with van der Waals surface area (Å²) in [4.78, 5) is 12.1. The van der Waals surface area contributed by atoms with Crippen LogP contribution in [-0.4, -0.2) is 24.7 Å². The molecule has 2 rings (SSSR count). The molecule has 4 nitrogen and oxygen atoms in total. The van der Waals surface area contributed by atoms with Crippen LogP contribution in [0.2, 0.25) is 5.02 Å². The molecule has 0 aliphatic rings. The van der Waals surface area contributed by atoms with Crippen LogP contribution in [0, 0.1) is 6.92 Å². The quantitative estimate of drug-likeness (QED) is 0.854. The maximum absolute atomic E-state index is 12.1. The number of rotatable bonds is 6. The predicted molar refractivity (Wildman–Crippen MR) is 90.9 cm³/mol. The van der Waals surface area contributed by atoms with Crippen LogP contribution in [-0.2, 0) is 11.2 Å². The average molecular weight is 334 g/mol. The number of aliphatic hydroxyl groups is 1. The van der Waals surface area contributed by atoms with Gasteiger partial charge in [0.15, 0.2) is 0 Å². The number of halogens is 1. The molecular weight excluding hydrogens is 314 g/mol. The fraction of sp³-hybridized carbons (Fsp3) is 0.278. The molecular formula is C18H20ClNO3. The van der Waals surface area contributed by atoms with Crippen LogP contribution >= 0.6 is 11.6 Å². The molecule has 2 aromatic rings. The number of benzene rings is 2. The fourth-order valence-corrected chi connectivity index (χ4v) is 2.60. The van der Waals surface area contributed by atoms with Crippen LogP contribution < -0.4 is 10.1 Å². The van der Waals surface area contributed by atoms with Crippen molar-refractivity contribution in [2.75, 3.05) is 13.7 Å². The minimum absolute atomic E-state index is 0.143. The minimum Gasteiger partial charge on any atom is -0.496 e. The summed E-state index contributed by atoms with van der Waals surface area (Å²) in [6, 6.07) is 12.7. The van der Waals surface area contributed by atoms with Crippen LogP contribution in [0.3, 0.4) is 0 Å². The average Bonchev–Trinajstić information content (AvgIpc) is 2.53. The van der Waals surface area contributed by atoms with Gasteiger partial charge in [-0.25, -0.2) is 0 Å². The fourth-order valence-electron chi connectivity index (χ4n) is 2.40. The largest absolute Gasteiger partial charge is 0.496 e. The Kier molecular flexibility index (Phi) is 6.02. The second-order valence-electron chi connectivity index (χ2n) is 5.31. The van der Waals surface area contributed by atoms with Gasteiger partial charge in [-0.05, 0) is 36.2 Å². The Hall–Kier alpha value is -2.04. The highest BCUT2D eigenvalue weighted by Gasteiger charge is 2.13. The SMILES string of the molecule is COc1ccc(Cl)cc1CC(=O)NCC(O)c1ccccc1C. The molecule has 0 aliphatic carbocycles. The van der Waals surface area contributed by atoms with Crippen molar-refractivity contribution in [2.24, 2.45) is 0 Å². The molecule has 0 saturated heterocycles. The van der Waals surface area contributed by atoms with Crippen molar-refractivity contribution in [3.05, 3.63) is 64.2 Å². The number of methoxy groups -OCH3 is 1. The van der Waals surface area contributed by atoms with Gasteiger partial charge in [-0.1, -0.05) is 35.9 Å². The summed E-state index contributed by atoms with van der Waals surface area (Å²) in [5.41, 5.74) is 2.52. The van der Waals surface area contributed by atoms with Crippen molar-refractivity contribution in [1.82, 2.24) is 5.32 Å². The molecule has 122 valence electrons. The van der Waals surface area contributed by atoms with E-state index in [0.29, 0.717) is 16.3 Å². The molecule has 23 heavy (non-hydrogen) atoms. The Balaban J connectivity index is 1.95. The third-order valence-corrected chi connectivity index (χ3v) is 3.87. The van der Waals surface area contributed by atoms with Gasteiger partial charge in [-0.2, -0.15) is 0 Å². The van der Waals surface area contributed by atoms with Crippen molar-refractivity contribution >= 4 is 17.5 Å². The third kappa shape index (κ3) is 4.71. The van der Waals surface area contributed by atoms with Crippen molar-refractivity contribution in [2.45, 2.75) is 19.4 Å². The van der Waals surface area contributed by atoms with Gasteiger partial charge in [0.1, 0.15) is 5.75 Å². The minimum atomic E-state index is -0.735. The highest BCUT2D eigenvalue weighted by Crippen LogP contribution is 2.23. The van der Waals surface area contributed by atoms with E-state index in [2.05, 4.69) is 5.32 Å². The van der Waals surface area contributed by atoms with E-state index in [0.717, 1.165) is 11.1 Å². The summed E-state index contributed by atoms with van der Waals surface area (Å²) in [7, 11) is 1.55. The van der Waals surface area contributed by atoms with Crippen molar-refractivity contribution in [3.63, 3.8) is 0 Å². The van der Waals surface area contributed by atoms with E-state index in [1.165, 1.54) is 0 Å². The Bertz CT molecular complexity index is 688.